The van der Waals surface area contributed by atoms with E-state index < -0.39 is 15.9 Å². The van der Waals surface area contributed by atoms with E-state index in [1.54, 1.807) is 12.1 Å². The van der Waals surface area contributed by atoms with Crippen molar-refractivity contribution in [2.75, 3.05) is 18.9 Å². The van der Waals surface area contributed by atoms with Gasteiger partial charge in [0.1, 0.15) is 0 Å². The molecule has 2 aromatic rings. The van der Waals surface area contributed by atoms with Gasteiger partial charge in [-0.2, -0.15) is 4.31 Å². The predicted molar refractivity (Wildman–Crippen MR) is 102 cm³/mol. The molecule has 0 saturated heterocycles. The summed E-state index contributed by atoms with van der Waals surface area (Å²) in [5, 5.41) is 3.11. The summed E-state index contributed by atoms with van der Waals surface area (Å²) in [7, 11) is -2.42. The van der Waals surface area contributed by atoms with Crippen molar-refractivity contribution < 1.29 is 13.2 Å². The molecule has 0 aromatic heterocycles. The van der Waals surface area contributed by atoms with E-state index in [2.05, 4.69) is 37.2 Å². The van der Waals surface area contributed by atoms with Gasteiger partial charge in [0.15, 0.2) is 0 Å². The van der Waals surface area contributed by atoms with E-state index in [1.165, 1.54) is 31.3 Å². The number of benzene rings is 2. The molecule has 2 aromatic carbocycles. The molecule has 24 heavy (non-hydrogen) atoms. The Morgan fingerprint density at radius 3 is 2.42 bits per heavy atom. The van der Waals surface area contributed by atoms with E-state index in [0.29, 0.717) is 15.2 Å². The average molecular weight is 497 g/mol. The summed E-state index contributed by atoms with van der Waals surface area (Å²) >= 11 is 12.4. The largest absolute Gasteiger partial charge is 0.324 e. The summed E-state index contributed by atoms with van der Waals surface area (Å²) in [6.07, 6.45) is 0. The lowest BCUT2D eigenvalue weighted by Crippen LogP contribution is -2.35. The first-order chi connectivity index (χ1) is 11.2. The third-order valence-corrected chi connectivity index (χ3v) is 6.34. The van der Waals surface area contributed by atoms with Crippen LogP contribution in [0.3, 0.4) is 0 Å². The van der Waals surface area contributed by atoms with Crippen molar-refractivity contribution in [3.05, 3.63) is 56.4 Å². The molecule has 1 N–H and O–H groups in total. The van der Waals surface area contributed by atoms with Crippen LogP contribution in [-0.2, 0) is 14.8 Å². The Hall–Kier alpha value is -0.930. The Bertz CT molecular complexity index is 858. The third kappa shape index (κ3) is 4.80. The minimum Gasteiger partial charge on any atom is -0.324 e. The highest BCUT2D eigenvalue weighted by Gasteiger charge is 2.23. The number of anilines is 1. The van der Waals surface area contributed by atoms with Crippen LogP contribution in [0.25, 0.3) is 0 Å². The van der Waals surface area contributed by atoms with E-state index >= 15 is 0 Å². The molecular formula is C15H13Br2ClN2O3S. The Morgan fingerprint density at radius 1 is 1.17 bits per heavy atom. The zero-order valence-electron chi connectivity index (χ0n) is 12.5. The van der Waals surface area contributed by atoms with E-state index in [1.807, 2.05) is 6.07 Å². The Labute approximate surface area is 162 Å². The number of sulfonamides is 1. The molecule has 0 aliphatic heterocycles. The summed E-state index contributed by atoms with van der Waals surface area (Å²) in [6, 6.07) is 11.1. The molecule has 0 bridgehead atoms. The van der Waals surface area contributed by atoms with Crippen molar-refractivity contribution in [2.45, 2.75) is 4.90 Å². The topological polar surface area (TPSA) is 66.5 Å². The van der Waals surface area contributed by atoms with Crippen molar-refractivity contribution in [3.8, 4) is 0 Å². The van der Waals surface area contributed by atoms with Crippen molar-refractivity contribution in [2.24, 2.45) is 0 Å². The number of likely N-dealkylation sites (N-methyl/N-ethyl adjacent to an activating group) is 1. The molecule has 0 aliphatic carbocycles. The van der Waals surface area contributed by atoms with E-state index in [-0.39, 0.29) is 11.4 Å². The number of rotatable bonds is 5. The number of nitrogens with one attached hydrogen (secondary N) is 1. The summed E-state index contributed by atoms with van der Waals surface area (Å²) in [5.41, 5.74) is 0.548. The third-order valence-electron chi connectivity index (χ3n) is 3.09. The van der Waals surface area contributed by atoms with Gasteiger partial charge in [-0.1, -0.05) is 27.5 Å². The van der Waals surface area contributed by atoms with Crippen LogP contribution in [0.5, 0.6) is 0 Å². The molecule has 9 heteroatoms. The number of hydrogen-bond donors (Lipinski definition) is 1. The smallest absolute Gasteiger partial charge is 0.243 e. The monoisotopic (exact) mass is 494 g/mol. The highest BCUT2D eigenvalue weighted by atomic mass is 79.9. The number of amides is 1. The summed E-state index contributed by atoms with van der Waals surface area (Å²) < 4.78 is 27.4. The molecule has 0 fully saturated rings. The van der Waals surface area contributed by atoms with Gasteiger partial charge in [0.05, 0.1) is 17.1 Å². The number of carbonyl (C=O) groups excluding carboxylic acids is 1. The minimum atomic E-state index is -3.77. The zero-order chi connectivity index (χ0) is 17.9. The van der Waals surface area contributed by atoms with Crippen LogP contribution in [0.2, 0.25) is 5.02 Å². The van der Waals surface area contributed by atoms with Crippen LogP contribution in [-0.4, -0.2) is 32.2 Å². The maximum atomic E-state index is 12.4. The lowest BCUT2D eigenvalue weighted by atomic mass is 10.3. The van der Waals surface area contributed by atoms with E-state index in [4.69, 9.17) is 11.6 Å². The molecule has 0 radical (unpaired) electrons. The molecule has 0 heterocycles. The molecule has 0 saturated carbocycles. The van der Waals surface area contributed by atoms with Crippen molar-refractivity contribution in [3.63, 3.8) is 0 Å². The number of carbonyl (C=O) groups is 1. The quantitative estimate of drug-likeness (QED) is 0.677. The average Bonchev–Trinajstić information content (AvgIpc) is 2.51. The maximum absolute atomic E-state index is 12.4. The Kier molecular flexibility index (Phi) is 6.44. The first-order valence-electron chi connectivity index (χ1n) is 6.67. The van der Waals surface area contributed by atoms with Crippen LogP contribution in [0.4, 0.5) is 5.69 Å². The molecule has 0 unspecified atom stereocenters. The first kappa shape index (κ1) is 19.4. The fraction of sp³-hybridized carbons (Fsp3) is 0.133. The zero-order valence-corrected chi connectivity index (χ0v) is 17.2. The van der Waals surface area contributed by atoms with Gasteiger partial charge in [-0.05, 0) is 58.4 Å². The fourth-order valence-electron chi connectivity index (χ4n) is 1.86. The van der Waals surface area contributed by atoms with Crippen LogP contribution >= 0.6 is 43.5 Å². The Morgan fingerprint density at radius 2 is 1.79 bits per heavy atom. The second-order valence-corrected chi connectivity index (χ2v) is 9.14. The van der Waals surface area contributed by atoms with Crippen molar-refractivity contribution >= 4 is 65.1 Å². The molecule has 0 spiro atoms. The molecule has 1 amide bonds. The minimum absolute atomic E-state index is 0.0748. The molecular weight excluding hydrogens is 484 g/mol. The molecule has 0 atom stereocenters. The number of halogens is 3. The van der Waals surface area contributed by atoms with Gasteiger partial charge < -0.3 is 5.32 Å². The maximum Gasteiger partial charge on any atom is 0.243 e. The van der Waals surface area contributed by atoms with Gasteiger partial charge in [-0.3, -0.25) is 4.79 Å². The second-order valence-electron chi connectivity index (χ2n) is 4.89. The van der Waals surface area contributed by atoms with Gasteiger partial charge >= 0.3 is 0 Å². The van der Waals surface area contributed by atoms with Crippen LogP contribution in [0, 0.1) is 0 Å². The molecule has 5 nitrogen and oxygen atoms in total. The Balaban J connectivity index is 2.10. The van der Waals surface area contributed by atoms with Gasteiger partial charge in [-0.15, -0.1) is 0 Å². The predicted octanol–water partition coefficient (Wildman–Crippen LogP) is 4.12. The summed E-state index contributed by atoms with van der Waals surface area (Å²) in [4.78, 5) is 12.2. The lowest BCUT2D eigenvalue weighted by Gasteiger charge is -2.17. The highest BCUT2D eigenvalue weighted by Crippen LogP contribution is 2.26. The van der Waals surface area contributed by atoms with Crippen LogP contribution in [0.15, 0.2) is 56.3 Å². The van der Waals surface area contributed by atoms with Gasteiger partial charge in [-0.25, -0.2) is 8.42 Å². The first-order valence-corrected chi connectivity index (χ1v) is 10.1. The van der Waals surface area contributed by atoms with E-state index in [0.717, 1.165) is 8.78 Å². The molecule has 128 valence electrons. The van der Waals surface area contributed by atoms with Crippen molar-refractivity contribution in [1.29, 1.82) is 0 Å². The van der Waals surface area contributed by atoms with Gasteiger partial charge in [0.25, 0.3) is 0 Å². The van der Waals surface area contributed by atoms with Crippen molar-refractivity contribution in [1.82, 2.24) is 4.31 Å². The standard InChI is InChI=1S/C15H13Br2ClN2O3S/c1-20(24(22,23)12-5-3-11(18)4-6-12)9-15(21)19-14-8-10(16)2-7-13(14)17/h2-8H,9H2,1H3,(H,19,21). The fourth-order valence-corrected chi connectivity index (χ4v) is 3.82. The second kappa shape index (κ2) is 7.97. The highest BCUT2D eigenvalue weighted by molar-refractivity contribution is 9.11. The SMILES string of the molecule is CN(CC(=O)Nc1cc(Br)ccc1Br)S(=O)(=O)c1ccc(Cl)cc1. The summed E-state index contributed by atoms with van der Waals surface area (Å²) in [5.74, 6) is -0.450. The van der Waals surface area contributed by atoms with Gasteiger partial charge in [0.2, 0.25) is 15.9 Å². The summed E-state index contributed by atoms with van der Waals surface area (Å²) in [6.45, 7) is -0.316. The lowest BCUT2D eigenvalue weighted by molar-refractivity contribution is -0.116. The number of hydrogen-bond acceptors (Lipinski definition) is 3. The normalized spacial score (nSPS) is 11.5. The molecule has 0 aliphatic rings. The van der Waals surface area contributed by atoms with Crippen LogP contribution < -0.4 is 5.32 Å². The molecule has 2 rings (SSSR count). The van der Waals surface area contributed by atoms with Crippen LogP contribution in [0.1, 0.15) is 0 Å². The number of nitrogens with zero attached hydrogens (tertiary/aromatic N) is 1. The van der Waals surface area contributed by atoms with Gasteiger partial charge in [0, 0.05) is 21.0 Å². The van der Waals surface area contributed by atoms with E-state index in [9.17, 15) is 13.2 Å².